The van der Waals surface area contributed by atoms with Crippen molar-refractivity contribution in [3.05, 3.63) is 29.8 Å². The molecule has 88 valence electrons. The first-order valence-corrected chi connectivity index (χ1v) is 5.46. The van der Waals surface area contributed by atoms with Crippen LogP contribution in [0.25, 0.3) is 0 Å². The van der Waals surface area contributed by atoms with E-state index in [0.29, 0.717) is 6.54 Å². The van der Waals surface area contributed by atoms with Gasteiger partial charge in [-0.05, 0) is 49.7 Å². The van der Waals surface area contributed by atoms with E-state index in [1.165, 1.54) is 24.3 Å². The van der Waals surface area contributed by atoms with E-state index in [-0.39, 0.29) is 23.7 Å². The van der Waals surface area contributed by atoms with Crippen LogP contribution in [0.1, 0.15) is 18.4 Å². The number of hydrogen-bond acceptors (Lipinski definition) is 2. The summed E-state index contributed by atoms with van der Waals surface area (Å²) in [4.78, 5) is 0. The fourth-order valence-electron chi connectivity index (χ4n) is 2.07. The monoisotopic (exact) mass is 227 g/mol. The van der Waals surface area contributed by atoms with Gasteiger partial charge in [0.15, 0.2) is 0 Å². The third-order valence-electron chi connectivity index (χ3n) is 3.00. The van der Waals surface area contributed by atoms with Crippen molar-refractivity contribution in [2.45, 2.75) is 18.8 Å². The summed E-state index contributed by atoms with van der Waals surface area (Å²) in [6.45, 7) is 1.50. The number of phenolic OH excluding ortho intramolecular Hbond substituents is 1. The Hall–Kier alpha value is -1.16. The predicted molar refractivity (Wildman–Crippen MR) is 57.6 cm³/mol. The van der Waals surface area contributed by atoms with E-state index in [0.717, 1.165) is 13.0 Å². The van der Waals surface area contributed by atoms with Crippen molar-refractivity contribution >= 4 is 0 Å². The lowest BCUT2D eigenvalue weighted by Gasteiger charge is -2.20. The van der Waals surface area contributed by atoms with Gasteiger partial charge < -0.3 is 10.4 Å². The van der Waals surface area contributed by atoms with Crippen molar-refractivity contribution in [3.63, 3.8) is 0 Å². The van der Waals surface area contributed by atoms with E-state index in [9.17, 15) is 8.78 Å². The van der Waals surface area contributed by atoms with Crippen LogP contribution in [-0.2, 0) is 5.92 Å². The smallest absolute Gasteiger partial charge is 0.273 e. The lowest BCUT2D eigenvalue weighted by atomic mass is 9.95. The number of benzene rings is 1. The van der Waals surface area contributed by atoms with E-state index < -0.39 is 5.92 Å². The molecule has 1 heterocycles. The minimum Gasteiger partial charge on any atom is -0.508 e. The summed E-state index contributed by atoms with van der Waals surface area (Å²) in [5, 5.41) is 12.1. The molecule has 1 aromatic rings. The number of phenols is 1. The molecule has 1 aromatic carbocycles. The van der Waals surface area contributed by atoms with E-state index in [1.807, 2.05) is 0 Å². The second-order valence-corrected chi connectivity index (χ2v) is 4.31. The number of alkyl halides is 2. The Kier molecular flexibility index (Phi) is 3.10. The molecule has 1 aliphatic heterocycles. The molecule has 0 bridgehead atoms. The Bertz CT molecular complexity index is 345. The normalized spacial score (nSPS) is 21.2. The summed E-state index contributed by atoms with van der Waals surface area (Å²) < 4.78 is 27.7. The molecule has 2 nitrogen and oxygen atoms in total. The molecule has 16 heavy (non-hydrogen) atoms. The Balaban J connectivity index is 2.07. The summed E-state index contributed by atoms with van der Waals surface area (Å²) >= 11 is 0. The number of halogens is 2. The van der Waals surface area contributed by atoms with Gasteiger partial charge in [0.25, 0.3) is 5.92 Å². The van der Waals surface area contributed by atoms with Crippen molar-refractivity contribution in [2.75, 3.05) is 13.1 Å². The highest BCUT2D eigenvalue weighted by atomic mass is 19.3. The minimum absolute atomic E-state index is 0.0158. The van der Waals surface area contributed by atoms with Gasteiger partial charge in [0.2, 0.25) is 0 Å². The number of nitrogens with one attached hydrogen (secondary N) is 1. The van der Waals surface area contributed by atoms with Crippen molar-refractivity contribution in [1.82, 2.24) is 5.32 Å². The van der Waals surface area contributed by atoms with Crippen molar-refractivity contribution in [3.8, 4) is 5.75 Å². The molecule has 1 aliphatic rings. The Morgan fingerprint density at radius 3 is 2.56 bits per heavy atom. The van der Waals surface area contributed by atoms with Crippen LogP contribution in [0.3, 0.4) is 0 Å². The zero-order chi connectivity index (χ0) is 11.6. The summed E-state index contributed by atoms with van der Waals surface area (Å²) in [5.74, 6) is -2.74. The average molecular weight is 227 g/mol. The molecule has 0 aliphatic carbocycles. The first-order chi connectivity index (χ1) is 7.58. The fraction of sp³-hybridized carbons (Fsp3) is 0.500. The van der Waals surface area contributed by atoms with E-state index in [1.54, 1.807) is 0 Å². The number of rotatable bonds is 3. The molecule has 0 spiro atoms. The van der Waals surface area contributed by atoms with Gasteiger partial charge in [-0.2, -0.15) is 0 Å². The first-order valence-electron chi connectivity index (χ1n) is 5.46. The highest BCUT2D eigenvalue weighted by Gasteiger charge is 2.35. The highest BCUT2D eigenvalue weighted by molar-refractivity contribution is 5.28. The van der Waals surface area contributed by atoms with Crippen LogP contribution >= 0.6 is 0 Å². The number of hydrogen-bond donors (Lipinski definition) is 2. The molecule has 2 N–H and O–H groups in total. The second kappa shape index (κ2) is 4.37. The topological polar surface area (TPSA) is 32.3 Å². The fourth-order valence-corrected chi connectivity index (χ4v) is 2.07. The summed E-state index contributed by atoms with van der Waals surface area (Å²) in [6.07, 6.45) is 0.693. The van der Waals surface area contributed by atoms with Crippen molar-refractivity contribution in [1.29, 1.82) is 0 Å². The Morgan fingerprint density at radius 1 is 1.31 bits per heavy atom. The molecule has 1 saturated heterocycles. The third kappa shape index (κ3) is 2.50. The van der Waals surface area contributed by atoms with Gasteiger partial charge in [-0.3, -0.25) is 0 Å². The van der Waals surface area contributed by atoms with E-state index in [4.69, 9.17) is 5.11 Å². The van der Waals surface area contributed by atoms with Gasteiger partial charge in [-0.1, -0.05) is 0 Å². The third-order valence-corrected chi connectivity index (χ3v) is 3.00. The van der Waals surface area contributed by atoms with Gasteiger partial charge in [0, 0.05) is 12.0 Å². The van der Waals surface area contributed by atoms with Crippen molar-refractivity contribution in [2.24, 2.45) is 5.92 Å². The molecule has 0 radical (unpaired) electrons. The van der Waals surface area contributed by atoms with Crippen LogP contribution in [0.15, 0.2) is 24.3 Å². The van der Waals surface area contributed by atoms with E-state index >= 15 is 0 Å². The van der Waals surface area contributed by atoms with Gasteiger partial charge >= 0.3 is 0 Å². The zero-order valence-electron chi connectivity index (χ0n) is 8.92. The van der Waals surface area contributed by atoms with Gasteiger partial charge in [-0.15, -0.1) is 0 Å². The van der Waals surface area contributed by atoms with E-state index in [2.05, 4.69) is 5.32 Å². The average Bonchev–Trinajstić information content (AvgIpc) is 2.70. The molecule has 2 rings (SSSR count). The maximum atomic E-state index is 13.8. The maximum absolute atomic E-state index is 13.8. The molecule has 1 atom stereocenters. The van der Waals surface area contributed by atoms with Crippen LogP contribution in [0.4, 0.5) is 8.78 Å². The largest absolute Gasteiger partial charge is 0.508 e. The number of aromatic hydroxyl groups is 1. The van der Waals surface area contributed by atoms with Gasteiger partial charge in [0.05, 0.1) is 0 Å². The molecule has 0 amide bonds. The quantitative estimate of drug-likeness (QED) is 0.831. The van der Waals surface area contributed by atoms with Crippen molar-refractivity contribution < 1.29 is 13.9 Å². The summed E-state index contributed by atoms with van der Waals surface area (Å²) in [6, 6.07) is 5.18. The molecule has 1 unspecified atom stereocenters. The zero-order valence-corrected chi connectivity index (χ0v) is 8.92. The van der Waals surface area contributed by atoms with Gasteiger partial charge in [0.1, 0.15) is 5.75 Å². The molecule has 4 heteroatoms. The van der Waals surface area contributed by atoms with Gasteiger partial charge in [-0.25, -0.2) is 8.78 Å². The molecule has 0 saturated carbocycles. The van der Waals surface area contributed by atoms with Crippen LogP contribution in [-0.4, -0.2) is 18.2 Å². The molecular weight excluding hydrogens is 212 g/mol. The van der Waals surface area contributed by atoms with Crippen LogP contribution in [0.2, 0.25) is 0 Å². The summed E-state index contributed by atoms with van der Waals surface area (Å²) in [5.41, 5.74) is -0.0165. The standard InChI is InChI=1S/C12H15F2NO/c13-12(14,7-9-5-6-15-8-9)10-1-3-11(16)4-2-10/h1-4,9,15-16H,5-8H2. The Morgan fingerprint density at radius 2 is 2.00 bits per heavy atom. The SMILES string of the molecule is Oc1ccc(C(F)(F)CC2CCNC2)cc1. The van der Waals surface area contributed by atoms with Crippen LogP contribution in [0, 0.1) is 5.92 Å². The van der Waals surface area contributed by atoms with Crippen LogP contribution in [0.5, 0.6) is 5.75 Å². The molecular formula is C12H15F2NO. The summed E-state index contributed by atoms with van der Waals surface area (Å²) in [7, 11) is 0. The van der Waals surface area contributed by atoms with Crippen LogP contribution < -0.4 is 5.32 Å². The Labute approximate surface area is 93.3 Å². The highest BCUT2D eigenvalue weighted by Crippen LogP contribution is 2.36. The minimum atomic E-state index is -2.80. The lowest BCUT2D eigenvalue weighted by molar-refractivity contribution is -0.0268. The molecule has 1 fully saturated rings. The molecule has 0 aromatic heterocycles. The lowest BCUT2D eigenvalue weighted by Crippen LogP contribution is -2.20. The first kappa shape index (κ1) is 11.3. The predicted octanol–water partition coefficient (Wildman–Crippen LogP) is 2.48. The maximum Gasteiger partial charge on any atom is 0.273 e. The second-order valence-electron chi connectivity index (χ2n) is 4.31.